The zero-order chi connectivity index (χ0) is 19.5. The second-order valence-electron chi connectivity index (χ2n) is 8.89. The molecule has 2 fully saturated rings. The van der Waals surface area contributed by atoms with Gasteiger partial charge < -0.3 is 15.3 Å². The highest BCUT2D eigenvalue weighted by Gasteiger charge is 2.70. The Kier molecular flexibility index (Phi) is 4.42. The zero-order valence-corrected chi connectivity index (χ0v) is 15.4. The number of piperidine rings is 1. The Labute approximate surface area is 145 Å². The molecule has 25 heavy (non-hydrogen) atoms. The van der Waals surface area contributed by atoms with Crippen molar-refractivity contribution in [1.29, 1.82) is 0 Å². The third kappa shape index (κ3) is 3.35. The quantitative estimate of drug-likeness (QED) is 0.800. The van der Waals surface area contributed by atoms with Crippen LogP contribution in [0.3, 0.4) is 0 Å². The van der Waals surface area contributed by atoms with E-state index in [4.69, 9.17) is 0 Å². The molecule has 0 aromatic heterocycles. The Bertz CT molecular complexity index is 607. The molecule has 0 aromatic rings. The molecule has 1 aliphatic carbocycles. The summed E-state index contributed by atoms with van der Waals surface area (Å²) in [6.07, 6.45) is 0. The number of carbonyl (C=O) groups excluding carboxylic acids is 2. The third-order valence-corrected chi connectivity index (χ3v) is 5.53. The molecule has 2 amide bonds. The van der Waals surface area contributed by atoms with Gasteiger partial charge in [-0.3, -0.25) is 9.59 Å². The molecule has 4 atom stereocenters. The number of halogens is 2. The van der Waals surface area contributed by atoms with E-state index in [1.807, 2.05) is 13.8 Å². The van der Waals surface area contributed by atoms with Crippen LogP contribution in [0.4, 0.5) is 8.78 Å². The van der Waals surface area contributed by atoms with Gasteiger partial charge in [0, 0.05) is 19.4 Å². The number of hydrogen-bond donors (Lipinski definition) is 2. The van der Waals surface area contributed by atoms with Crippen LogP contribution in [-0.2, 0) is 14.4 Å². The van der Waals surface area contributed by atoms with Gasteiger partial charge in [-0.15, -0.1) is 0 Å². The van der Waals surface area contributed by atoms with Gasteiger partial charge in [0.25, 0.3) is 5.91 Å². The van der Waals surface area contributed by atoms with Crippen molar-refractivity contribution in [3.8, 4) is 0 Å². The van der Waals surface area contributed by atoms with E-state index in [-0.39, 0.29) is 23.8 Å². The van der Waals surface area contributed by atoms with E-state index in [1.165, 1.54) is 4.90 Å². The van der Waals surface area contributed by atoms with E-state index in [0.29, 0.717) is 6.92 Å². The van der Waals surface area contributed by atoms with Crippen molar-refractivity contribution < 1.29 is 28.3 Å². The Morgan fingerprint density at radius 3 is 2.12 bits per heavy atom. The van der Waals surface area contributed by atoms with E-state index in [0.717, 1.165) is 0 Å². The van der Waals surface area contributed by atoms with Crippen LogP contribution in [0.1, 0.15) is 41.5 Å². The summed E-state index contributed by atoms with van der Waals surface area (Å²) in [5, 5.41) is 11.7. The number of alkyl halides is 2. The number of rotatable bonds is 4. The van der Waals surface area contributed by atoms with Crippen LogP contribution in [0, 0.1) is 22.7 Å². The van der Waals surface area contributed by atoms with E-state index in [2.05, 4.69) is 5.32 Å². The molecule has 1 saturated carbocycles. The first-order valence-electron chi connectivity index (χ1n) is 8.32. The number of likely N-dealkylation sites (tertiary alicyclic amines) is 1. The zero-order valence-electron chi connectivity index (χ0n) is 15.4. The maximum atomic E-state index is 13.2. The van der Waals surface area contributed by atoms with Crippen molar-refractivity contribution in [2.45, 2.75) is 59.5 Å². The number of fused-ring (bicyclic) bond motifs is 1. The molecule has 0 bridgehead atoms. The fourth-order valence-corrected chi connectivity index (χ4v) is 3.87. The lowest BCUT2D eigenvalue weighted by Gasteiger charge is -2.37. The summed E-state index contributed by atoms with van der Waals surface area (Å²) in [5.41, 5.74) is -1.000. The summed E-state index contributed by atoms with van der Waals surface area (Å²) in [7, 11) is 0. The number of nitrogens with one attached hydrogen (secondary N) is 1. The van der Waals surface area contributed by atoms with E-state index in [9.17, 15) is 28.3 Å². The second-order valence-corrected chi connectivity index (χ2v) is 8.89. The summed E-state index contributed by atoms with van der Waals surface area (Å²) in [5.74, 6) is -6.98. The van der Waals surface area contributed by atoms with E-state index >= 15 is 0 Å². The fraction of sp³-hybridized carbons (Fsp3) is 0.824. The van der Waals surface area contributed by atoms with Crippen LogP contribution in [0.5, 0.6) is 0 Å². The number of hydrogen-bond acceptors (Lipinski definition) is 3. The molecule has 6 nitrogen and oxygen atoms in total. The molecule has 2 N–H and O–H groups in total. The summed E-state index contributed by atoms with van der Waals surface area (Å²) < 4.78 is 26.5. The van der Waals surface area contributed by atoms with Crippen molar-refractivity contribution in [2.75, 3.05) is 6.54 Å². The first kappa shape index (κ1) is 19.6. The first-order chi connectivity index (χ1) is 11.1. The molecule has 0 unspecified atom stereocenters. The molecule has 2 aliphatic rings. The van der Waals surface area contributed by atoms with Crippen LogP contribution < -0.4 is 5.32 Å². The predicted octanol–water partition coefficient (Wildman–Crippen LogP) is 1.74. The minimum Gasteiger partial charge on any atom is -0.480 e. The summed E-state index contributed by atoms with van der Waals surface area (Å²) in [6.45, 7) is 9.56. The number of amides is 2. The molecule has 1 heterocycles. The minimum atomic E-state index is -3.62. The number of aliphatic carboxylic acids is 1. The van der Waals surface area contributed by atoms with Gasteiger partial charge in [-0.1, -0.05) is 34.6 Å². The molecular formula is C17H26F2N2O4. The highest BCUT2D eigenvalue weighted by atomic mass is 19.3. The lowest BCUT2D eigenvalue weighted by molar-refractivity contribution is -0.155. The van der Waals surface area contributed by atoms with Gasteiger partial charge in [0.15, 0.2) is 0 Å². The van der Waals surface area contributed by atoms with Crippen LogP contribution in [0.25, 0.3) is 0 Å². The van der Waals surface area contributed by atoms with Crippen LogP contribution in [0.15, 0.2) is 0 Å². The highest BCUT2D eigenvalue weighted by molar-refractivity contribution is 5.93. The maximum Gasteiger partial charge on any atom is 0.326 e. The SMILES string of the molecule is CC(F)(F)C(=O)N[C@H](C(=O)N1C[C@H]2[C@@H]([C@H]1C(=O)O)C2(C)C)C(C)(C)C. The minimum absolute atomic E-state index is 0.0708. The molecule has 0 radical (unpaired) electrons. The number of carboxylic acid groups (broad SMARTS) is 1. The molecule has 1 saturated heterocycles. The number of carboxylic acids is 1. The predicted molar refractivity (Wildman–Crippen MR) is 85.9 cm³/mol. The van der Waals surface area contributed by atoms with E-state index in [1.54, 1.807) is 20.8 Å². The standard InChI is InChI=1S/C17H26F2N2O4/c1-15(2,3)11(20-14(25)17(6,18)19)12(22)21-7-8-9(16(8,4)5)10(21)13(23)24/h8-11H,7H2,1-6H3,(H,20,25)(H,23,24)/t8-,9-,10-,11+/m0/s1. The Morgan fingerprint density at radius 2 is 1.72 bits per heavy atom. The van der Waals surface area contributed by atoms with Crippen LogP contribution in [0.2, 0.25) is 0 Å². The lowest BCUT2D eigenvalue weighted by Crippen LogP contribution is -2.59. The highest BCUT2D eigenvalue weighted by Crippen LogP contribution is 2.65. The number of nitrogens with zero attached hydrogens (tertiary/aromatic N) is 1. The largest absolute Gasteiger partial charge is 0.480 e. The molecule has 8 heteroatoms. The lowest BCUT2D eigenvalue weighted by atomic mass is 9.85. The van der Waals surface area contributed by atoms with Crippen molar-refractivity contribution in [2.24, 2.45) is 22.7 Å². The third-order valence-electron chi connectivity index (χ3n) is 5.53. The van der Waals surface area contributed by atoms with Gasteiger partial charge in [0.05, 0.1) is 0 Å². The Balaban J connectivity index is 2.26. The topological polar surface area (TPSA) is 86.7 Å². The Morgan fingerprint density at radius 1 is 1.20 bits per heavy atom. The van der Waals surface area contributed by atoms with Gasteiger partial charge in [-0.25, -0.2) is 4.79 Å². The van der Waals surface area contributed by atoms with Gasteiger partial charge in [-0.2, -0.15) is 8.78 Å². The Hall–Kier alpha value is -1.73. The molecular weight excluding hydrogens is 334 g/mol. The molecule has 2 rings (SSSR count). The second kappa shape index (κ2) is 5.64. The van der Waals surface area contributed by atoms with Crippen molar-refractivity contribution in [3.05, 3.63) is 0 Å². The molecule has 0 aromatic carbocycles. The summed E-state index contributed by atoms with van der Waals surface area (Å²) >= 11 is 0. The molecule has 0 spiro atoms. The van der Waals surface area contributed by atoms with E-state index < -0.39 is 41.2 Å². The van der Waals surface area contributed by atoms with Crippen molar-refractivity contribution in [1.82, 2.24) is 10.2 Å². The fourth-order valence-electron chi connectivity index (χ4n) is 3.87. The summed E-state index contributed by atoms with van der Waals surface area (Å²) in [6, 6.07) is -2.22. The van der Waals surface area contributed by atoms with Crippen molar-refractivity contribution in [3.63, 3.8) is 0 Å². The molecule has 1 aliphatic heterocycles. The number of carbonyl (C=O) groups is 3. The smallest absolute Gasteiger partial charge is 0.326 e. The van der Waals surface area contributed by atoms with Gasteiger partial charge >= 0.3 is 11.9 Å². The van der Waals surface area contributed by atoms with Gasteiger partial charge in [0.1, 0.15) is 12.1 Å². The normalized spacial score (nSPS) is 29.0. The monoisotopic (exact) mass is 360 g/mol. The van der Waals surface area contributed by atoms with Gasteiger partial charge in [0.2, 0.25) is 5.91 Å². The average Bonchev–Trinajstić information content (AvgIpc) is 2.82. The molecule has 142 valence electrons. The van der Waals surface area contributed by atoms with Gasteiger partial charge in [-0.05, 0) is 16.7 Å². The van der Waals surface area contributed by atoms with Crippen molar-refractivity contribution >= 4 is 17.8 Å². The first-order valence-corrected chi connectivity index (χ1v) is 8.32. The summed E-state index contributed by atoms with van der Waals surface area (Å²) in [4.78, 5) is 37.6. The van der Waals surface area contributed by atoms with Crippen LogP contribution >= 0.6 is 0 Å². The van der Waals surface area contributed by atoms with Crippen LogP contribution in [-0.4, -0.2) is 52.3 Å². The maximum absolute atomic E-state index is 13.2. The average molecular weight is 360 g/mol.